The average Bonchev–Trinajstić information content (AvgIpc) is 2.69. The van der Waals surface area contributed by atoms with Crippen LogP contribution in [0.25, 0.3) is 0 Å². The van der Waals surface area contributed by atoms with Crippen LogP contribution < -0.4 is 5.32 Å². The van der Waals surface area contributed by atoms with Gasteiger partial charge in [-0.15, -0.1) is 0 Å². The van der Waals surface area contributed by atoms with Crippen LogP contribution in [0.5, 0.6) is 0 Å². The van der Waals surface area contributed by atoms with E-state index in [1.807, 2.05) is 30.3 Å². The van der Waals surface area contributed by atoms with Gasteiger partial charge in [0.05, 0.1) is 10.2 Å². The summed E-state index contributed by atoms with van der Waals surface area (Å²) in [6.45, 7) is 11.2. The standard InChI is InChI=1S/C23H33NO7S/c1-15(2)18(25)24-17(19(26)29-13-16-11-9-8-10-12-16)23(6,7)32-21(28)31-14-30-20(27)22(3,4)5/h8-12,15,17H,13-14H2,1-7H3,(H,24,25)/t17-/m0/s1. The van der Waals surface area contributed by atoms with Gasteiger partial charge in [-0.2, -0.15) is 0 Å². The maximum absolute atomic E-state index is 12.8. The first-order valence-electron chi connectivity index (χ1n) is 10.3. The molecule has 178 valence electrons. The van der Waals surface area contributed by atoms with E-state index in [1.54, 1.807) is 48.5 Å². The fourth-order valence-corrected chi connectivity index (χ4v) is 3.10. The molecule has 0 bridgehead atoms. The van der Waals surface area contributed by atoms with E-state index in [4.69, 9.17) is 14.2 Å². The third kappa shape index (κ3) is 9.30. The van der Waals surface area contributed by atoms with Gasteiger partial charge in [-0.1, -0.05) is 44.2 Å². The van der Waals surface area contributed by atoms with Crippen molar-refractivity contribution in [1.82, 2.24) is 5.32 Å². The zero-order valence-corrected chi connectivity index (χ0v) is 20.5. The number of rotatable bonds is 9. The molecule has 1 aromatic rings. The molecule has 1 atom stereocenters. The van der Waals surface area contributed by atoms with Gasteiger partial charge < -0.3 is 19.5 Å². The Bertz CT molecular complexity index is 800. The lowest BCUT2D eigenvalue weighted by Gasteiger charge is -2.32. The SMILES string of the molecule is CC(C)C(=O)N[C@@H](C(=O)OCc1ccccc1)C(C)(C)SC(=O)OCOC(=O)C(C)(C)C. The highest BCUT2D eigenvalue weighted by molar-refractivity contribution is 8.14. The topological polar surface area (TPSA) is 108 Å². The molecule has 1 rings (SSSR count). The summed E-state index contributed by atoms with van der Waals surface area (Å²) in [5.41, 5.74) is 0.0633. The van der Waals surface area contributed by atoms with E-state index < -0.39 is 40.2 Å². The van der Waals surface area contributed by atoms with Gasteiger partial charge in [0, 0.05) is 5.92 Å². The Hall–Kier alpha value is -2.55. The molecule has 1 aromatic carbocycles. The minimum Gasteiger partial charge on any atom is -0.459 e. The number of nitrogens with one attached hydrogen (secondary N) is 1. The smallest absolute Gasteiger partial charge is 0.370 e. The number of esters is 2. The maximum Gasteiger partial charge on any atom is 0.370 e. The molecule has 0 heterocycles. The highest BCUT2D eigenvalue weighted by atomic mass is 32.2. The van der Waals surface area contributed by atoms with Crippen molar-refractivity contribution in [1.29, 1.82) is 0 Å². The Labute approximate surface area is 193 Å². The molecule has 0 saturated carbocycles. The second-order valence-corrected chi connectivity index (χ2v) is 10.7. The summed E-state index contributed by atoms with van der Waals surface area (Å²) < 4.78 is 14.2. The van der Waals surface area contributed by atoms with Crippen molar-refractivity contribution in [2.45, 2.75) is 65.9 Å². The first-order chi connectivity index (χ1) is 14.7. The summed E-state index contributed by atoms with van der Waals surface area (Å²) in [7, 11) is 0. The number of hydrogen-bond acceptors (Lipinski definition) is 8. The van der Waals surface area contributed by atoms with Gasteiger partial charge in [-0.25, -0.2) is 9.59 Å². The van der Waals surface area contributed by atoms with E-state index in [2.05, 4.69) is 5.32 Å². The summed E-state index contributed by atoms with van der Waals surface area (Å²) in [5.74, 6) is -1.91. The van der Waals surface area contributed by atoms with E-state index in [9.17, 15) is 19.2 Å². The van der Waals surface area contributed by atoms with Crippen molar-refractivity contribution >= 4 is 34.9 Å². The zero-order valence-electron chi connectivity index (χ0n) is 19.7. The Morgan fingerprint density at radius 1 is 0.938 bits per heavy atom. The zero-order chi connectivity index (χ0) is 24.5. The number of ether oxygens (including phenoxy) is 3. The monoisotopic (exact) mass is 467 g/mol. The molecular formula is C23H33NO7S. The van der Waals surface area contributed by atoms with Gasteiger partial charge in [-0.05, 0) is 51.9 Å². The Morgan fingerprint density at radius 2 is 1.53 bits per heavy atom. The molecule has 0 saturated heterocycles. The van der Waals surface area contributed by atoms with Crippen molar-refractivity contribution in [2.24, 2.45) is 11.3 Å². The molecule has 32 heavy (non-hydrogen) atoms. The maximum atomic E-state index is 12.8. The number of carbonyl (C=O) groups excluding carboxylic acids is 4. The van der Waals surface area contributed by atoms with Crippen molar-refractivity contribution < 1.29 is 33.4 Å². The normalized spacial score (nSPS) is 12.6. The second-order valence-electron chi connectivity index (χ2n) is 9.09. The molecular weight excluding hydrogens is 434 g/mol. The first-order valence-corrected chi connectivity index (χ1v) is 11.1. The minimum atomic E-state index is -1.12. The van der Waals surface area contributed by atoms with Crippen molar-refractivity contribution in [2.75, 3.05) is 6.79 Å². The lowest BCUT2D eigenvalue weighted by molar-refractivity contribution is -0.160. The van der Waals surface area contributed by atoms with Gasteiger partial charge in [0.25, 0.3) is 0 Å². The molecule has 0 aliphatic carbocycles. The van der Waals surface area contributed by atoms with Gasteiger partial charge in [0.1, 0.15) is 12.6 Å². The fourth-order valence-electron chi connectivity index (χ4n) is 2.29. The second kappa shape index (κ2) is 11.9. The molecule has 0 unspecified atom stereocenters. The molecule has 0 aliphatic heterocycles. The summed E-state index contributed by atoms with van der Waals surface area (Å²) in [4.78, 5) is 49.2. The first kappa shape index (κ1) is 27.5. The summed E-state index contributed by atoms with van der Waals surface area (Å²) in [6.07, 6.45) is 0. The number of amides is 1. The molecule has 0 radical (unpaired) electrons. The van der Waals surface area contributed by atoms with Crippen LogP contribution in [0, 0.1) is 11.3 Å². The van der Waals surface area contributed by atoms with Gasteiger partial charge in [0.2, 0.25) is 12.7 Å². The predicted octanol–water partition coefficient (Wildman–Crippen LogP) is 4.07. The van der Waals surface area contributed by atoms with Crippen LogP contribution in [-0.2, 0) is 35.2 Å². The number of carbonyl (C=O) groups is 4. The highest BCUT2D eigenvalue weighted by Crippen LogP contribution is 2.31. The van der Waals surface area contributed by atoms with Crippen LogP contribution in [0.2, 0.25) is 0 Å². The van der Waals surface area contributed by atoms with Gasteiger partial charge in [0.15, 0.2) is 0 Å². The molecule has 0 spiro atoms. The van der Waals surface area contributed by atoms with Crippen molar-refractivity contribution in [3.8, 4) is 0 Å². The number of hydrogen-bond donors (Lipinski definition) is 1. The molecule has 0 aliphatic rings. The third-order valence-electron chi connectivity index (χ3n) is 4.29. The van der Waals surface area contributed by atoms with Crippen molar-refractivity contribution in [3.63, 3.8) is 0 Å². The minimum absolute atomic E-state index is 0.0294. The molecule has 9 heteroatoms. The molecule has 8 nitrogen and oxygen atoms in total. The van der Waals surface area contributed by atoms with E-state index in [0.29, 0.717) is 11.8 Å². The molecule has 0 fully saturated rings. The Kier molecular flexibility index (Phi) is 10.2. The van der Waals surface area contributed by atoms with Crippen LogP contribution in [0.3, 0.4) is 0 Å². The highest BCUT2D eigenvalue weighted by Gasteiger charge is 2.41. The predicted molar refractivity (Wildman–Crippen MR) is 122 cm³/mol. The largest absolute Gasteiger partial charge is 0.459 e. The Morgan fingerprint density at radius 3 is 2.06 bits per heavy atom. The summed E-state index contributed by atoms with van der Waals surface area (Å²) in [6, 6.07) is 8.00. The van der Waals surface area contributed by atoms with Crippen LogP contribution in [0.15, 0.2) is 30.3 Å². The lowest BCUT2D eigenvalue weighted by atomic mass is 9.98. The lowest BCUT2D eigenvalue weighted by Crippen LogP contribution is -2.54. The van der Waals surface area contributed by atoms with E-state index >= 15 is 0 Å². The van der Waals surface area contributed by atoms with Crippen LogP contribution in [0.1, 0.15) is 54.0 Å². The van der Waals surface area contributed by atoms with Crippen LogP contribution in [-0.4, -0.2) is 40.7 Å². The van der Waals surface area contributed by atoms with Gasteiger partial charge >= 0.3 is 17.2 Å². The molecule has 1 amide bonds. The van der Waals surface area contributed by atoms with E-state index in [0.717, 1.165) is 5.56 Å². The molecule has 0 aromatic heterocycles. The number of benzene rings is 1. The average molecular weight is 468 g/mol. The van der Waals surface area contributed by atoms with Crippen LogP contribution in [0.4, 0.5) is 4.79 Å². The summed E-state index contributed by atoms with van der Waals surface area (Å²) >= 11 is 0.705. The van der Waals surface area contributed by atoms with Crippen molar-refractivity contribution in [3.05, 3.63) is 35.9 Å². The Balaban J connectivity index is 2.81. The summed E-state index contributed by atoms with van der Waals surface area (Å²) in [5, 5.41) is 1.91. The third-order valence-corrected chi connectivity index (χ3v) is 5.34. The van der Waals surface area contributed by atoms with E-state index in [1.165, 1.54) is 0 Å². The van der Waals surface area contributed by atoms with E-state index in [-0.39, 0.29) is 18.4 Å². The van der Waals surface area contributed by atoms with Gasteiger partial charge in [-0.3, -0.25) is 9.59 Å². The van der Waals surface area contributed by atoms with Crippen LogP contribution >= 0.6 is 11.8 Å². The molecule has 1 N–H and O–H groups in total. The quantitative estimate of drug-likeness (QED) is 0.428. The number of thioether (sulfide) groups is 1. The fraction of sp³-hybridized carbons (Fsp3) is 0.565.